The van der Waals surface area contributed by atoms with Crippen LogP contribution in [0.15, 0.2) is 53.4 Å². The zero-order valence-electron chi connectivity index (χ0n) is 13.9. The molecule has 2 aromatic rings. The average molecular weight is 403 g/mol. The highest BCUT2D eigenvalue weighted by Gasteiger charge is 2.31. The molecule has 0 saturated carbocycles. The third-order valence-corrected chi connectivity index (χ3v) is 4.33. The van der Waals surface area contributed by atoms with Gasteiger partial charge in [-0.1, -0.05) is 12.1 Å². The van der Waals surface area contributed by atoms with Gasteiger partial charge in [-0.25, -0.2) is 18.4 Å². The highest BCUT2D eigenvalue weighted by Crippen LogP contribution is 2.24. The van der Waals surface area contributed by atoms with Crippen LogP contribution in [-0.2, 0) is 10.0 Å². The number of benzene rings is 2. The first-order valence-corrected chi connectivity index (χ1v) is 9.05. The lowest BCUT2D eigenvalue weighted by molar-refractivity contribution is -0.274. The van der Waals surface area contributed by atoms with Gasteiger partial charge in [-0.05, 0) is 48.9 Å². The summed E-state index contributed by atoms with van der Waals surface area (Å²) in [6, 6.07) is 9.22. The number of alkyl halides is 3. The Kier molecular flexibility index (Phi) is 5.96. The van der Waals surface area contributed by atoms with Gasteiger partial charge in [0.05, 0.1) is 10.9 Å². The van der Waals surface area contributed by atoms with E-state index in [1.54, 1.807) is 6.92 Å². The predicted molar refractivity (Wildman–Crippen MR) is 91.5 cm³/mol. The number of anilines is 1. The van der Waals surface area contributed by atoms with E-state index in [0.717, 1.165) is 12.1 Å². The first kappa shape index (κ1) is 20.5. The molecule has 0 saturated heterocycles. The van der Waals surface area contributed by atoms with E-state index in [1.165, 1.54) is 36.4 Å². The second-order valence-corrected chi connectivity index (χ2v) is 7.07. The molecule has 1 atom stereocenters. The number of rotatable bonds is 5. The molecule has 0 radical (unpaired) electrons. The van der Waals surface area contributed by atoms with Crippen LogP contribution in [0.1, 0.15) is 18.5 Å². The van der Waals surface area contributed by atoms with E-state index in [4.69, 9.17) is 5.14 Å². The zero-order chi connectivity index (χ0) is 20.2. The highest BCUT2D eigenvalue weighted by molar-refractivity contribution is 7.89. The number of primary sulfonamides is 1. The fraction of sp³-hybridized carbons (Fsp3) is 0.188. The van der Waals surface area contributed by atoms with Gasteiger partial charge in [-0.3, -0.25) is 0 Å². The number of carbonyl (C=O) groups excluding carboxylic acids is 1. The first-order chi connectivity index (χ1) is 12.4. The molecule has 4 N–H and O–H groups in total. The standard InChI is InChI=1S/C16H16F3N3O4S/c1-10(11-2-6-13(7-3-11)26-16(17,18)19)21-15(23)22-12-4-8-14(9-5-12)27(20,24)25/h2-10H,1H3,(H2,20,24,25)(H2,21,22,23). The normalized spacial score (nSPS) is 12.9. The Morgan fingerprint density at radius 1 is 1.07 bits per heavy atom. The molecule has 0 heterocycles. The number of amides is 2. The fourth-order valence-corrected chi connectivity index (χ4v) is 2.65. The molecular weight excluding hydrogens is 387 g/mol. The van der Waals surface area contributed by atoms with Crippen molar-refractivity contribution in [3.05, 3.63) is 54.1 Å². The van der Waals surface area contributed by atoms with Crippen LogP contribution in [0.4, 0.5) is 23.7 Å². The molecule has 11 heteroatoms. The lowest BCUT2D eigenvalue weighted by Gasteiger charge is -2.16. The van der Waals surface area contributed by atoms with Crippen molar-refractivity contribution in [2.75, 3.05) is 5.32 Å². The van der Waals surface area contributed by atoms with Gasteiger partial charge >= 0.3 is 12.4 Å². The van der Waals surface area contributed by atoms with Crippen LogP contribution in [0, 0.1) is 0 Å². The Labute approximate surface area is 153 Å². The number of hydrogen-bond donors (Lipinski definition) is 3. The molecule has 1 unspecified atom stereocenters. The van der Waals surface area contributed by atoms with Gasteiger partial charge < -0.3 is 15.4 Å². The van der Waals surface area contributed by atoms with E-state index in [9.17, 15) is 26.4 Å². The van der Waals surface area contributed by atoms with E-state index in [1.807, 2.05) is 0 Å². The molecule has 27 heavy (non-hydrogen) atoms. The molecular formula is C16H16F3N3O4S. The molecule has 2 amide bonds. The van der Waals surface area contributed by atoms with Crippen LogP contribution in [0.2, 0.25) is 0 Å². The molecule has 2 aromatic carbocycles. The maximum atomic E-state index is 12.1. The minimum atomic E-state index is -4.77. The number of ether oxygens (including phenoxy) is 1. The molecule has 146 valence electrons. The summed E-state index contributed by atoms with van der Waals surface area (Å²) in [6.45, 7) is 1.64. The summed E-state index contributed by atoms with van der Waals surface area (Å²) >= 11 is 0. The maximum Gasteiger partial charge on any atom is 0.573 e. The van der Waals surface area contributed by atoms with Crippen LogP contribution in [-0.4, -0.2) is 20.8 Å². The van der Waals surface area contributed by atoms with Crippen LogP contribution in [0.25, 0.3) is 0 Å². The van der Waals surface area contributed by atoms with E-state index < -0.39 is 28.5 Å². The fourth-order valence-electron chi connectivity index (χ4n) is 2.13. The summed E-state index contributed by atoms with van der Waals surface area (Å²) in [5.41, 5.74) is 0.894. The van der Waals surface area contributed by atoms with Crippen LogP contribution >= 0.6 is 0 Å². The quantitative estimate of drug-likeness (QED) is 0.712. The van der Waals surface area contributed by atoms with Crippen molar-refractivity contribution in [3.63, 3.8) is 0 Å². The minimum absolute atomic E-state index is 0.0945. The number of urea groups is 1. The average Bonchev–Trinajstić information content (AvgIpc) is 2.53. The Balaban J connectivity index is 1.95. The second kappa shape index (κ2) is 7.84. The summed E-state index contributed by atoms with van der Waals surface area (Å²) < 4.78 is 62.6. The van der Waals surface area contributed by atoms with Gasteiger partial charge in [-0.15, -0.1) is 13.2 Å². The highest BCUT2D eigenvalue weighted by atomic mass is 32.2. The van der Waals surface area contributed by atoms with E-state index >= 15 is 0 Å². The largest absolute Gasteiger partial charge is 0.573 e. The summed E-state index contributed by atoms with van der Waals surface area (Å²) in [7, 11) is -3.83. The van der Waals surface area contributed by atoms with Gasteiger partial charge in [0.25, 0.3) is 0 Å². The molecule has 7 nitrogen and oxygen atoms in total. The SMILES string of the molecule is CC(NC(=O)Nc1ccc(S(N)(=O)=O)cc1)c1ccc(OC(F)(F)F)cc1. The van der Waals surface area contributed by atoms with Crippen LogP contribution in [0.5, 0.6) is 5.75 Å². The van der Waals surface area contributed by atoms with Gasteiger partial charge in [0, 0.05) is 5.69 Å². The molecule has 2 rings (SSSR count). The molecule has 0 spiro atoms. The van der Waals surface area contributed by atoms with Crippen molar-refractivity contribution in [1.82, 2.24) is 5.32 Å². The van der Waals surface area contributed by atoms with E-state index in [-0.39, 0.29) is 10.6 Å². The Morgan fingerprint density at radius 3 is 2.11 bits per heavy atom. The van der Waals surface area contributed by atoms with Crippen molar-refractivity contribution in [3.8, 4) is 5.75 Å². The molecule has 0 fully saturated rings. The number of sulfonamides is 1. The third-order valence-electron chi connectivity index (χ3n) is 3.40. The zero-order valence-corrected chi connectivity index (χ0v) is 14.8. The van der Waals surface area contributed by atoms with Crippen LogP contribution in [0.3, 0.4) is 0 Å². The summed E-state index contributed by atoms with van der Waals surface area (Å²) in [5.74, 6) is -0.363. The predicted octanol–water partition coefficient (Wildman–Crippen LogP) is 3.12. The van der Waals surface area contributed by atoms with Crippen molar-refractivity contribution in [2.24, 2.45) is 5.14 Å². The molecule has 0 aliphatic rings. The second-order valence-electron chi connectivity index (χ2n) is 5.51. The minimum Gasteiger partial charge on any atom is -0.406 e. The molecule has 0 bridgehead atoms. The topological polar surface area (TPSA) is 111 Å². The van der Waals surface area contributed by atoms with Gasteiger partial charge in [0.15, 0.2) is 0 Å². The molecule has 0 aromatic heterocycles. The maximum absolute atomic E-state index is 12.1. The summed E-state index contributed by atoms with van der Waals surface area (Å²) in [5, 5.41) is 10.1. The van der Waals surface area contributed by atoms with Gasteiger partial charge in [0.2, 0.25) is 10.0 Å². The van der Waals surface area contributed by atoms with Gasteiger partial charge in [-0.2, -0.15) is 0 Å². The molecule has 0 aliphatic heterocycles. The number of nitrogens with one attached hydrogen (secondary N) is 2. The number of halogens is 3. The summed E-state index contributed by atoms with van der Waals surface area (Å²) in [4.78, 5) is 11.9. The number of carbonyl (C=O) groups is 1. The number of nitrogens with two attached hydrogens (primary N) is 1. The monoisotopic (exact) mass is 403 g/mol. The van der Waals surface area contributed by atoms with Gasteiger partial charge in [0.1, 0.15) is 5.75 Å². The van der Waals surface area contributed by atoms with Crippen molar-refractivity contribution in [2.45, 2.75) is 24.2 Å². The van der Waals surface area contributed by atoms with Crippen molar-refractivity contribution in [1.29, 1.82) is 0 Å². The Bertz CT molecular complexity index is 898. The first-order valence-electron chi connectivity index (χ1n) is 7.50. The van der Waals surface area contributed by atoms with E-state index in [2.05, 4.69) is 15.4 Å². The van der Waals surface area contributed by atoms with Crippen LogP contribution < -0.4 is 20.5 Å². The third kappa shape index (κ3) is 6.46. The lowest BCUT2D eigenvalue weighted by atomic mass is 10.1. The smallest absolute Gasteiger partial charge is 0.406 e. The van der Waals surface area contributed by atoms with Crippen molar-refractivity contribution < 1.29 is 31.1 Å². The van der Waals surface area contributed by atoms with E-state index in [0.29, 0.717) is 11.3 Å². The summed E-state index contributed by atoms with van der Waals surface area (Å²) in [6.07, 6.45) is -4.77. The van der Waals surface area contributed by atoms with Crippen molar-refractivity contribution >= 4 is 21.7 Å². The Morgan fingerprint density at radius 2 is 1.63 bits per heavy atom. The molecule has 0 aliphatic carbocycles. The number of hydrogen-bond acceptors (Lipinski definition) is 4. The lowest BCUT2D eigenvalue weighted by Crippen LogP contribution is -2.31. The Hall–Kier alpha value is -2.79.